The summed E-state index contributed by atoms with van der Waals surface area (Å²) >= 11 is 1.33. The molecule has 2 saturated heterocycles. The van der Waals surface area contributed by atoms with Gasteiger partial charge in [-0.2, -0.15) is 4.98 Å². The lowest BCUT2D eigenvalue weighted by molar-refractivity contribution is 0.0823. The molecule has 9 nitrogen and oxygen atoms in total. The van der Waals surface area contributed by atoms with Crippen molar-refractivity contribution in [1.82, 2.24) is 29.7 Å². The number of hydrogen-bond donors (Lipinski definition) is 1. The van der Waals surface area contributed by atoms with Crippen LogP contribution in [0.5, 0.6) is 0 Å². The number of halogens is 1. The number of rotatable bonds is 5. The quantitative estimate of drug-likeness (QED) is 0.425. The number of aromatic nitrogens is 4. The van der Waals surface area contributed by atoms with Gasteiger partial charge in [0.05, 0.1) is 15.8 Å². The highest BCUT2D eigenvalue weighted by Gasteiger charge is 2.42. The molecule has 11 heteroatoms. The minimum absolute atomic E-state index is 0.0232. The van der Waals surface area contributed by atoms with E-state index < -0.39 is 5.82 Å². The van der Waals surface area contributed by atoms with Gasteiger partial charge in [0, 0.05) is 68.9 Å². The summed E-state index contributed by atoms with van der Waals surface area (Å²) in [5.74, 6) is 1.04. The second kappa shape index (κ2) is 9.00. The Morgan fingerprint density at radius 2 is 1.97 bits per heavy atom. The molecule has 1 aromatic carbocycles. The maximum atomic E-state index is 15.2. The van der Waals surface area contributed by atoms with Crippen molar-refractivity contribution in [3.63, 3.8) is 0 Å². The third kappa shape index (κ3) is 4.27. The molecular formula is C26H27FN8OS. The second-order valence-corrected chi connectivity index (χ2v) is 10.9. The second-order valence-electron chi connectivity index (χ2n) is 9.88. The van der Waals surface area contributed by atoms with Crippen molar-refractivity contribution in [3.05, 3.63) is 53.6 Å². The first-order valence-corrected chi connectivity index (χ1v) is 12.9. The number of nitrogens with one attached hydrogen (secondary N) is 1. The minimum atomic E-state index is -0.572. The number of pyridine rings is 1. The van der Waals surface area contributed by atoms with E-state index in [-0.39, 0.29) is 11.5 Å². The van der Waals surface area contributed by atoms with Gasteiger partial charge in [0.15, 0.2) is 0 Å². The first-order chi connectivity index (χ1) is 17.8. The van der Waals surface area contributed by atoms with Gasteiger partial charge in [-0.3, -0.25) is 9.69 Å². The van der Waals surface area contributed by atoms with Crippen LogP contribution in [-0.2, 0) is 0 Å². The fraction of sp³-hybridized carbons (Fsp3) is 0.346. The van der Waals surface area contributed by atoms with Crippen molar-refractivity contribution in [1.29, 1.82) is 0 Å². The SMILES string of the molecule is Cc1cc(Nc2cc3nc(-c4cccc(C(=O)N(C)C)c4F)sc3cn2)nc(N2C[C@@H]3C[C@H]2CN3C)n1. The average molecular weight is 519 g/mol. The number of nitrogens with zero attached hydrogens (tertiary/aromatic N) is 7. The van der Waals surface area contributed by atoms with Crippen molar-refractivity contribution in [3.8, 4) is 10.6 Å². The van der Waals surface area contributed by atoms with E-state index in [2.05, 4.69) is 37.1 Å². The lowest BCUT2D eigenvalue weighted by atomic mass is 10.1. The Labute approximate surface area is 218 Å². The van der Waals surface area contributed by atoms with Gasteiger partial charge in [0.2, 0.25) is 5.95 Å². The summed E-state index contributed by atoms with van der Waals surface area (Å²) in [6.07, 6.45) is 2.86. The van der Waals surface area contributed by atoms with Crippen molar-refractivity contribution < 1.29 is 9.18 Å². The van der Waals surface area contributed by atoms with E-state index in [1.165, 1.54) is 22.3 Å². The molecule has 1 amide bonds. The van der Waals surface area contributed by atoms with Gasteiger partial charge in [-0.05, 0) is 32.5 Å². The van der Waals surface area contributed by atoms with Crippen LogP contribution in [0.4, 0.5) is 22.0 Å². The van der Waals surface area contributed by atoms with Gasteiger partial charge in [0.25, 0.3) is 5.91 Å². The average Bonchev–Trinajstić information content (AvgIpc) is 3.56. The smallest absolute Gasteiger partial charge is 0.256 e. The number of fused-ring (bicyclic) bond motifs is 3. The Balaban J connectivity index is 1.27. The predicted molar refractivity (Wildman–Crippen MR) is 143 cm³/mol. The molecule has 0 aliphatic carbocycles. The van der Waals surface area contributed by atoms with Crippen LogP contribution in [0.1, 0.15) is 22.5 Å². The van der Waals surface area contributed by atoms with Gasteiger partial charge < -0.3 is 15.1 Å². The van der Waals surface area contributed by atoms with Crippen LogP contribution in [0, 0.1) is 12.7 Å². The van der Waals surface area contributed by atoms with Gasteiger partial charge in [-0.25, -0.2) is 19.3 Å². The molecule has 190 valence electrons. The largest absolute Gasteiger partial charge is 0.345 e. The molecule has 2 atom stereocenters. The first kappa shape index (κ1) is 23.7. The molecule has 0 saturated carbocycles. The van der Waals surface area contributed by atoms with Crippen LogP contribution in [0.15, 0.2) is 36.5 Å². The maximum absolute atomic E-state index is 15.2. The normalized spacial score (nSPS) is 19.1. The van der Waals surface area contributed by atoms with Crippen molar-refractivity contribution in [2.75, 3.05) is 44.4 Å². The molecule has 2 fully saturated rings. The number of anilines is 3. The molecular weight excluding hydrogens is 491 g/mol. The molecule has 1 N–H and O–H groups in total. The molecule has 0 radical (unpaired) electrons. The zero-order valence-electron chi connectivity index (χ0n) is 21.1. The van der Waals surface area contributed by atoms with Crippen LogP contribution in [0.25, 0.3) is 20.8 Å². The summed E-state index contributed by atoms with van der Waals surface area (Å²) in [4.78, 5) is 37.1. The number of thiazole rings is 1. The number of likely N-dealkylation sites (N-methyl/N-ethyl adjacent to an activating group) is 1. The predicted octanol–water partition coefficient (Wildman–Crippen LogP) is 3.93. The topological polar surface area (TPSA) is 90.4 Å². The molecule has 0 unspecified atom stereocenters. The number of carbonyl (C=O) groups excluding carboxylic acids is 1. The van der Waals surface area contributed by atoms with E-state index >= 15 is 4.39 Å². The fourth-order valence-electron chi connectivity index (χ4n) is 5.11. The summed E-state index contributed by atoms with van der Waals surface area (Å²) < 4.78 is 16.0. The van der Waals surface area contributed by atoms with E-state index in [0.717, 1.165) is 35.9 Å². The Morgan fingerprint density at radius 1 is 1.14 bits per heavy atom. The van der Waals surface area contributed by atoms with E-state index in [0.29, 0.717) is 39.8 Å². The number of hydrogen-bond acceptors (Lipinski definition) is 9. The molecule has 4 aromatic rings. The van der Waals surface area contributed by atoms with Crippen LogP contribution in [0.3, 0.4) is 0 Å². The summed E-state index contributed by atoms with van der Waals surface area (Å²) in [7, 11) is 5.37. The number of amides is 1. The zero-order chi connectivity index (χ0) is 25.8. The number of piperazine rings is 1. The van der Waals surface area contributed by atoms with Crippen LogP contribution in [-0.4, -0.2) is 82.0 Å². The van der Waals surface area contributed by atoms with Crippen molar-refractivity contribution in [2.45, 2.75) is 25.4 Å². The maximum Gasteiger partial charge on any atom is 0.256 e. The summed E-state index contributed by atoms with van der Waals surface area (Å²) in [6.45, 7) is 3.93. The number of benzene rings is 1. The Kier molecular flexibility index (Phi) is 5.76. The molecule has 3 aromatic heterocycles. The van der Waals surface area contributed by atoms with Crippen LogP contribution in [0.2, 0.25) is 0 Å². The Hall–Kier alpha value is -3.70. The van der Waals surface area contributed by atoms with Gasteiger partial charge in [-0.15, -0.1) is 11.3 Å². The van der Waals surface area contributed by atoms with E-state index in [4.69, 9.17) is 4.98 Å². The van der Waals surface area contributed by atoms with Gasteiger partial charge in [0.1, 0.15) is 22.5 Å². The summed E-state index contributed by atoms with van der Waals surface area (Å²) in [5.41, 5.74) is 1.88. The Morgan fingerprint density at radius 3 is 2.70 bits per heavy atom. The van der Waals surface area contributed by atoms with E-state index in [9.17, 15) is 4.79 Å². The lowest BCUT2D eigenvalue weighted by Gasteiger charge is -2.32. The highest BCUT2D eigenvalue weighted by atomic mass is 32.1. The first-order valence-electron chi connectivity index (χ1n) is 12.1. The molecule has 0 spiro atoms. The van der Waals surface area contributed by atoms with Gasteiger partial charge >= 0.3 is 0 Å². The number of aryl methyl sites for hydroxylation is 1. The summed E-state index contributed by atoms with van der Waals surface area (Å²) in [6, 6.07) is 9.52. The van der Waals surface area contributed by atoms with Crippen LogP contribution >= 0.6 is 11.3 Å². The molecule has 37 heavy (non-hydrogen) atoms. The monoisotopic (exact) mass is 518 g/mol. The van der Waals surface area contributed by atoms with Crippen molar-refractivity contribution >= 4 is 45.0 Å². The molecule has 2 aliphatic heterocycles. The highest BCUT2D eigenvalue weighted by molar-refractivity contribution is 7.21. The highest BCUT2D eigenvalue weighted by Crippen LogP contribution is 2.35. The Bertz CT molecular complexity index is 1520. The number of likely N-dealkylation sites (tertiary alicyclic amines) is 1. The standard InChI is InChI=1S/C26H27FN8OS/c1-14-8-22(32-26(29-14)35-13-15-9-16(35)12-34(15)4)31-21-10-19-20(11-28-21)37-24(30-19)17-6-5-7-18(23(17)27)25(36)33(2)3/h5-8,10-11,15-16H,9,12-13H2,1-4H3,(H,28,29,31,32)/t15-,16-/m0/s1. The lowest BCUT2D eigenvalue weighted by Crippen LogP contribution is -2.45. The minimum Gasteiger partial charge on any atom is -0.345 e. The van der Waals surface area contributed by atoms with E-state index in [1.54, 1.807) is 32.4 Å². The summed E-state index contributed by atoms with van der Waals surface area (Å²) in [5, 5.41) is 3.79. The van der Waals surface area contributed by atoms with Crippen molar-refractivity contribution in [2.24, 2.45) is 0 Å². The van der Waals surface area contributed by atoms with Gasteiger partial charge in [-0.1, -0.05) is 6.07 Å². The van der Waals surface area contributed by atoms with Crippen LogP contribution < -0.4 is 10.2 Å². The van der Waals surface area contributed by atoms with E-state index in [1.807, 2.05) is 19.1 Å². The molecule has 5 heterocycles. The third-order valence-electron chi connectivity index (χ3n) is 7.01. The molecule has 2 aliphatic rings. The zero-order valence-corrected chi connectivity index (χ0v) is 21.9. The molecule has 2 bridgehead atoms. The fourth-order valence-corrected chi connectivity index (χ4v) is 6.04. The third-order valence-corrected chi connectivity index (χ3v) is 8.05. The number of carbonyl (C=O) groups is 1. The molecule has 6 rings (SSSR count).